The summed E-state index contributed by atoms with van der Waals surface area (Å²) in [5.74, 6) is -1.19. The van der Waals surface area contributed by atoms with Crippen molar-refractivity contribution in [2.75, 3.05) is 19.7 Å². The van der Waals surface area contributed by atoms with Crippen LogP contribution in [0, 0.1) is 0 Å². The summed E-state index contributed by atoms with van der Waals surface area (Å²) in [4.78, 5) is 47.4. The zero-order chi connectivity index (χ0) is 26.2. The highest BCUT2D eigenvalue weighted by molar-refractivity contribution is 5.98. The summed E-state index contributed by atoms with van der Waals surface area (Å²) >= 11 is 0. The molecule has 1 saturated heterocycles. The zero-order valence-corrected chi connectivity index (χ0v) is 20.0. The summed E-state index contributed by atoms with van der Waals surface area (Å²) in [5.41, 5.74) is 0.937. The lowest BCUT2D eigenvalue weighted by molar-refractivity contribution is -0.123. The molecule has 11 heteroatoms. The number of carboxylic acids is 1. The molecule has 3 heterocycles. The number of amides is 2. The van der Waals surface area contributed by atoms with Gasteiger partial charge in [0.2, 0.25) is 0 Å². The molecule has 3 aliphatic rings. The third-order valence-electron chi connectivity index (χ3n) is 5.83. The van der Waals surface area contributed by atoms with Crippen LogP contribution < -0.4 is 20.1 Å². The van der Waals surface area contributed by atoms with E-state index in [4.69, 9.17) is 19.4 Å². The lowest BCUT2D eigenvalue weighted by atomic mass is 10.1. The van der Waals surface area contributed by atoms with Crippen LogP contribution in [0.2, 0.25) is 0 Å². The first-order valence-electron chi connectivity index (χ1n) is 11.4. The number of nitrogens with zero attached hydrogens (tertiary/aromatic N) is 1. The number of likely N-dealkylation sites (tertiary alicyclic amines) is 1. The fourth-order valence-corrected chi connectivity index (χ4v) is 3.93. The lowest BCUT2D eigenvalue weighted by Crippen LogP contribution is -2.45. The topological polar surface area (TPSA) is 154 Å². The van der Waals surface area contributed by atoms with Gasteiger partial charge in [-0.3, -0.25) is 19.3 Å². The number of carbonyl (C=O) groups is 4. The van der Waals surface area contributed by atoms with Crippen molar-refractivity contribution in [2.45, 2.75) is 38.6 Å². The highest BCUT2D eigenvalue weighted by atomic mass is 16.5. The van der Waals surface area contributed by atoms with Crippen molar-refractivity contribution in [2.24, 2.45) is 0 Å². The standard InChI is InChI=1S/C24H27N3O6.CH2O2/c1-14(2)27-11-20-21(12-27)33-18-5-3-15(4-6-18)10-25-22(28)13-32-19-8-16(23(29)26-20)7-17(9-19)24(30)31;2-1-3/h3-9,14,20-21H,10-13H2,1-2H3,(H,25,28)(H,26,29)(H,30,31);1H,(H,2,3)/t20-,21-;/m0./s1. The number of carbonyl (C=O) groups excluding carboxylic acids is 2. The first-order chi connectivity index (χ1) is 17.2. The van der Waals surface area contributed by atoms with E-state index in [1.165, 1.54) is 18.2 Å². The molecule has 0 spiro atoms. The number of hydrogen-bond acceptors (Lipinski definition) is 7. The summed E-state index contributed by atoms with van der Waals surface area (Å²) in [7, 11) is 0. The van der Waals surface area contributed by atoms with Gasteiger partial charge in [0.1, 0.15) is 17.6 Å². The molecule has 2 atom stereocenters. The monoisotopic (exact) mass is 499 g/mol. The minimum atomic E-state index is -1.19. The zero-order valence-electron chi connectivity index (χ0n) is 20.0. The predicted octanol–water partition coefficient (Wildman–Crippen LogP) is 1.36. The molecule has 192 valence electrons. The van der Waals surface area contributed by atoms with Crippen molar-refractivity contribution in [3.8, 4) is 11.5 Å². The van der Waals surface area contributed by atoms with Gasteiger partial charge in [-0.05, 0) is 49.7 Å². The van der Waals surface area contributed by atoms with Crippen LogP contribution in [0.15, 0.2) is 42.5 Å². The van der Waals surface area contributed by atoms with Gasteiger partial charge >= 0.3 is 5.97 Å². The largest absolute Gasteiger partial charge is 0.487 e. The molecule has 2 amide bonds. The van der Waals surface area contributed by atoms with Crippen LogP contribution in [0.5, 0.6) is 11.5 Å². The van der Waals surface area contributed by atoms with Crippen molar-refractivity contribution >= 4 is 24.3 Å². The molecule has 4 bridgehead atoms. The number of aromatic carboxylic acids is 1. The van der Waals surface area contributed by atoms with Gasteiger partial charge < -0.3 is 30.3 Å². The van der Waals surface area contributed by atoms with E-state index in [0.29, 0.717) is 25.4 Å². The maximum absolute atomic E-state index is 13.1. The molecule has 0 saturated carbocycles. The second-order valence-electron chi connectivity index (χ2n) is 8.65. The van der Waals surface area contributed by atoms with Crippen LogP contribution in [-0.2, 0) is 16.1 Å². The lowest BCUT2D eigenvalue weighted by Gasteiger charge is -2.21. The Morgan fingerprint density at radius 1 is 1.11 bits per heavy atom. The van der Waals surface area contributed by atoms with Gasteiger partial charge in [0, 0.05) is 31.2 Å². The highest BCUT2D eigenvalue weighted by Crippen LogP contribution is 2.23. The molecule has 11 nitrogen and oxygen atoms in total. The van der Waals surface area contributed by atoms with Crippen LogP contribution in [0.4, 0.5) is 0 Å². The second-order valence-corrected chi connectivity index (χ2v) is 8.65. The third-order valence-corrected chi connectivity index (χ3v) is 5.83. The van der Waals surface area contributed by atoms with E-state index >= 15 is 0 Å². The number of fused-ring (bicyclic) bond motifs is 7. The van der Waals surface area contributed by atoms with Crippen LogP contribution in [0.25, 0.3) is 0 Å². The van der Waals surface area contributed by atoms with E-state index in [9.17, 15) is 19.5 Å². The maximum Gasteiger partial charge on any atom is 0.335 e. The summed E-state index contributed by atoms with van der Waals surface area (Å²) in [6.45, 7) is 5.18. The number of nitrogens with one attached hydrogen (secondary N) is 2. The van der Waals surface area contributed by atoms with Gasteiger partial charge in [-0.15, -0.1) is 0 Å². The van der Waals surface area contributed by atoms with Crippen molar-refractivity contribution in [1.82, 2.24) is 15.5 Å². The normalized spacial score (nSPS) is 20.0. The molecular formula is C25H29N3O8. The van der Waals surface area contributed by atoms with Crippen LogP contribution in [0.3, 0.4) is 0 Å². The second kappa shape index (κ2) is 12.0. The fraction of sp³-hybridized carbons (Fsp3) is 0.360. The molecule has 1 fully saturated rings. The minimum Gasteiger partial charge on any atom is -0.487 e. The predicted molar refractivity (Wildman–Crippen MR) is 128 cm³/mol. The van der Waals surface area contributed by atoms with E-state index in [-0.39, 0.29) is 54.1 Å². The summed E-state index contributed by atoms with van der Waals surface area (Å²) in [5, 5.41) is 22.1. The summed E-state index contributed by atoms with van der Waals surface area (Å²) in [6.07, 6.45) is -0.282. The van der Waals surface area contributed by atoms with Gasteiger partial charge in [-0.1, -0.05) is 12.1 Å². The Balaban J connectivity index is 0.00000115. The Labute approximate surface area is 208 Å². The van der Waals surface area contributed by atoms with Gasteiger partial charge in [-0.25, -0.2) is 4.79 Å². The van der Waals surface area contributed by atoms with Gasteiger partial charge in [-0.2, -0.15) is 0 Å². The van der Waals surface area contributed by atoms with Crippen molar-refractivity contribution in [3.05, 3.63) is 59.2 Å². The molecule has 3 aliphatic heterocycles. The molecule has 5 rings (SSSR count). The number of rotatable bonds is 2. The first kappa shape index (κ1) is 26.5. The Hall–Kier alpha value is -4.12. The molecule has 4 N–H and O–H groups in total. The molecule has 0 radical (unpaired) electrons. The van der Waals surface area contributed by atoms with Crippen molar-refractivity contribution < 1.29 is 38.9 Å². The van der Waals surface area contributed by atoms with Gasteiger partial charge in [0.15, 0.2) is 6.61 Å². The molecule has 2 aromatic carbocycles. The minimum absolute atomic E-state index is 0.100. The molecule has 0 aliphatic carbocycles. The first-order valence-corrected chi connectivity index (χ1v) is 11.4. The van der Waals surface area contributed by atoms with E-state index in [2.05, 4.69) is 29.4 Å². The van der Waals surface area contributed by atoms with Crippen LogP contribution >= 0.6 is 0 Å². The van der Waals surface area contributed by atoms with Gasteiger partial charge in [0.25, 0.3) is 18.3 Å². The average Bonchev–Trinajstić information content (AvgIpc) is 3.24. The van der Waals surface area contributed by atoms with Crippen LogP contribution in [0.1, 0.15) is 40.1 Å². The van der Waals surface area contributed by atoms with Crippen LogP contribution in [-0.4, -0.2) is 77.3 Å². The molecular weight excluding hydrogens is 470 g/mol. The van der Waals surface area contributed by atoms with Crippen molar-refractivity contribution in [1.29, 1.82) is 0 Å². The number of ether oxygens (including phenoxy) is 2. The highest BCUT2D eigenvalue weighted by Gasteiger charge is 2.37. The molecule has 0 unspecified atom stereocenters. The van der Waals surface area contributed by atoms with Gasteiger partial charge in [0.05, 0.1) is 11.6 Å². The van der Waals surface area contributed by atoms with E-state index in [1.807, 2.05) is 24.3 Å². The quantitative estimate of drug-likeness (QED) is 0.448. The van der Waals surface area contributed by atoms with Crippen molar-refractivity contribution in [3.63, 3.8) is 0 Å². The third kappa shape index (κ3) is 6.95. The van der Waals surface area contributed by atoms with E-state index < -0.39 is 11.9 Å². The Kier molecular flexibility index (Phi) is 8.85. The van der Waals surface area contributed by atoms with E-state index in [0.717, 1.165) is 5.56 Å². The van der Waals surface area contributed by atoms with E-state index in [1.54, 1.807) is 0 Å². The number of carboxylic acid groups (broad SMARTS) is 2. The SMILES string of the molecule is CC(C)N1C[C@@H]2NC(=O)c3cc(cc(C(=O)O)c3)OCC(=O)NCc3ccc(cc3)O[C@H]2C1.O=CO. The Morgan fingerprint density at radius 3 is 2.44 bits per heavy atom. The fourth-order valence-electron chi connectivity index (χ4n) is 3.93. The maximum atomic E-state index is 13.1. The summed E-state index contributed by atoms with van der Waals surface area (Å²) in [6, 6.07) is 11.4. The average molecular weight is 500 g/mol. The number of hydrogen-bond donors (Lipinski definition) is 4. The Morgan fingerprint density at radius 2 is 1.81 bits per heavy atom. The molecule has 2 aromatic rings. The summed E-state index contributed by atoms with van der Waals surface area (Å²) < 4.78 is 11.7. The molecule has 0 aromatic heterocycles. The Bertz CT molecular complexity index is 1100. The number of benzene rings is 2. The molecule has 36 heavy (non-hydrogen) atoms. The smallest absolute Gasteiger partial charge is 0.335 e.